The zero-order chi connectivity index (χ0) is 16.6. The van der Waals surface area contributed by atoms with Crippen LogP contribution >= 0.6 is 0 Å². The van der Waals surface area contributed by atoms with Crippen LogP contribution in [0.15, 0.2) is 24.4 Å². The number of benzene rings is 1. The van der Waals surface area contributed by atoms with Crippen molar-refractivity contribution in [1.82, 2.24) is 4.98 Å². The second kappa shape index (κ2) is 6.32. The van der Waals surface area contributed by atoms with E-state index in [1.165, 1.54) is 0 Å². The Balaban J connectivity index is 1.92. The first-order valence-corrected chi connectivity index (χ1v) is 7.41. The summed E-state index contributed by atoms with van der Waals surface area (Å²) in [6, 6.07) is 5.89. The molecule has 0 saturated carbocycles. The first kappa shape index (κ1) is 16.0. The van der Waals surface area contributed by atoms with Crippen molar-refractivity contribution in [3.05, 3.63) is 35.5 Å². The summed E-state index contributed by atoms with van der Waals surface area (Å²) in [5, 5.41) is 39.8. The Labute approximate surface area is 133 Å². The molecule has 23 heavy (non-hydrogen) atoms. The van der Waals surface area contributed by atoms with Crippen LogP contribution in [-0.4, -0.2) is 62.5 Å². The smallest absolute Gasteiger partial charge is 0.147 e. The van der Waals surface area contributed by atoms with Gasteiger partial charge in [-0.2, -0.15) is 0 Å². The van der Waals surface area contributed by atoms with Crippen LogP contribution in [0.25, 0.3) is 10.9 Å². The van der Waals surface area contributed by atoms with Gasteiger partial charge in [0.15, 0.2) is 0 Å². The summed E-state index contributed by atoms with van der Waals surface area (Å²) in [5.74, 6) is 5.74. The van der Waals surface area contributed by atoms with Gasteiger partial charge in [0.25, 0.3) is 0 Å². The Morgan fingerprint density at radius 2 is 1.96 bits per heavy atom. The van der Waals surface area contributed by atoms with Crippen LogP contribution in [0.3, 0.4) is 0 Å². The van der Waals surface area contributed by atoms with Gasteiger partial charge in [-0.15, -0.1) is 0 Å². The van der Waals surface area contributed by atoms with Crippen molar-refractivity contribution in [1.29, 1.82) is 0 Å². The minimum atomic E-state index is -1.41. The minimum absolute atomic E-state index is 0.464. The number of aliphatic hydroxyl groups excluding tert-OH is 4. The minimum Gasteiger partial charge on any atom is -0.394 e. The fraction of sp³-hybridized carbons (Fsp3) is 0.412. The van der Waals surface area contributed by atoms with E-state index in [0.717, 1.165) is 22.0 Å². The van der Waals surface area contributed by atoms with Gasteiger partial charge in [-0.05, 0) is 30.7 Å². The van der Waals surface area contributed by atoms with Crippen LogP contribution < -0.4 is 0 Å². The molecule has 122 valence electrons. The van der Waals surface area contributed by atoms with Gasteiger partial charge >= 0.3 is 0 Å². The summed E-state index contributed by atoms with van der Waals surface area (Å²) in [5.41, 5.74) is 2.69. The SMILES string of the molecule is Cc1cc(C#C[C@H]2O[C@H](CO)[C@@H](O)[C@H](O)[C@@H]2O)c2[nH]ccc2c1. The molecule has 5 N–H and O–H groups in total. The summed E-state index contributed by atoms with van der Waals surface area (Å²) in [7, 11) is 0. The van der Waals surface area contributed by atoms with Crippen LogP contribution in [0.2, 0.25) is 0 Å². The highest BCUT2D eigenvalue weighted by molar-refractivity contribution is 5.86. The highest BCUT2D eigenvalue weighted by atomic mass is 16.5. The number of aryl methyl sites for hydroxylation is 1. The quantitative estimate of drug-likeness (QED) is 0.463. The van der Waals surface area contributed by atoms with Gasteiger partial charge < -0.3 is 30.1 Å². The molecule has 1 saturated heterocycles. The first-order valence-electron chi connectivity index (χ1n) is 7.41. The lowest BCUT2D eigenvalue weighted by molar-refractivity contribution is -0.214. The first-order chi connectivity index (χ1) is 11.0. The number of hydrogen-bond acceptors (Lipinski definition) is 5. The molecule has 6 nitrogen and oxygen atoms in total. The molecule has 0 bridgehead atoms. The van der Waals surface area contributed by atoms with E-state index in [4.69, 9.17) is 4.74 Å². The number of nitrogens with one attached hydrogen (secondary N) is 1. The summed E-state index contributed by atoms with van der Waals surface area (Å²) in [6.07, 6.45) is -4.25. The van der Waals surface area contributed by atoms with E-state index in [9.17, 15) is 20.4 Å². The van der Waals surface area contributed by atoms with Gasteiger partial charge in [0.05, 0.1) is 12.1 Å². The highest BCUT2D eigenvalue weighted by Gasteiger charge is 2.42. The molecular formula is C17H19NO5. The van der Waals surface area contributed by atoms with Crippen molar-refractivity contribution >= 4 is 10.9 Å². The molecule has 1 fully saturated rings. The molecule has 0 amide bonds. The number of hydrogen-bond donors (Lipinski definition) is 5. The van der Waals surface area contributed by atoms with Crippen molar-refractivity contribution in [3.8, 4) is 11.8 Å². The van der Waals surface area contributed by atoms with Gasteiger partial charge in [0.2, 0.25) is 0 Å². The number of fused-ring (bicyclic) bond motifs is 1. The van der Waals surface area contributed by atoms with Gasteiger partial charge in [-0.1, -0.05) is 11.8 Å². The zero-order valence-corrected chi connectivity index (χ0v) is 12.6. The van der Waals surface area contributed by atoms with Crippen molar-refractivity contribution in [2.24, 2.45) is 0 Å². The van der Waals surface area contributed by atoms with Crippen molar-refractivity contribution in [2.75, 3.05) is 6.61 Å². The Morgan fingerprint density at radius 3 is 2.70 bits per heavy atom. The number of aliphatic hydroxyl groups is 4. The number of H-pyrrole nitrogens is 1. The van der Waals surface area contributed by atoms with Crippen molar-refractivity contribution < 1.29 is 25.2 Å². The molecular weight excluding hydrogens is 298 g/mol. The third kappa shape index (κ3) is 2.98. The number of aromatic amines is 1. The normalized spacial score (nSPS) is 30.9. The molecule has 1 aliphatic heterocycles. The molecule has 0 radical (unpaired) electrons. The van der Waals surface area contributed by atoms with E-state index in [1.807, 2.05) is 31.3 Å². The van der Waals surface area contributed by atoms with Crippen LogP contribution in [0, 0.1) is 18.8 Å². The maximum atomic E-state index is 10.0. The zero-order valence-electron chi connectivity index (χ0n) is 12.6. The topological polar surface area (TPSA) is 106 Å². The Kier molecular flexibility index (Phi) is 4.39. The predicted molar refractivity (Wildman–Crippen MR) is 83.7 cm³/mol. The van der Waals surface area contributed by atoms with Crippen molar-refractivity contribution in [3.63, 3.8) is 0 Å². The van der Waals surface area contributed by atoms with E-state index >= 15 is 0 Å². The lowest BCUT2D eigenvalue weighted by Gasteiger charge is -2.37. The molecule has 0 aliphatic carbocycles. The third-order valence-electron chi connectivity index (χ3n) is 4.05. The Bertz CT molecular complexity index is 757. The van der Waals surface area contributed by atoms with Gasteiger partial charge in [0.1, 0.15) is 30.5 Å². The van der Waals surface area contributed by atoms with E-state index in [-0.39, 0.29) is 0 Å². The Hall–Kier alpha value is -1.88. The fourth-order valence-electron chi connectivity index (χ4n) is 2.79. The van der Waals surface area contributed by atoms with E-state index in [0.29, 0.717) is 0 Å². The van der Waals surface area contributed by atoms with E-state index in [2.05, 4.69) is 16.8 Å². The monoisotopic (exact) mass is 317 g/mol. The van der Waals surface area contributed by atoms with E-state index in [1.54, 1.807) is 0 Å². The second-order valence-electron chi connectivity index (χ2n) is 5.77. The standard InChI is InChI=1S/C17H19NO5/c1-9-6-10(14-11(7-9)4-5-18-14)2-3-12-15(20)17(22)16(21)13(8-19)23-12/h4-7,12-13,15-22H,8H2,1H3/t12-,13-,15-,16-,17-/m1/s1. The fourth-order valence-corrected chi connectivity index (χ4v) is 2.79. The molecule has 3 rings (SSSR count). The van der Waals surface area contributed by atoms with Crippen LogP contribution in [0.5, 0.6) is 0 Å². The summed E-state index contributed by atoms with van der Waals surface area (Å²) in [4.78, 5) is 3.11. The molecule has 0 unspecified atom stereocenters. The van der Waals surface area contributed by atoms with Crippen LogP contribution in [0.4, 0.5) is 0 Å². The average Bonchev–Trinajstić information content (AvgIpc) is 3.00. The molecule has 0 spiro atoms. The van der Waals surface area contributed by atoms with E-state index < -0.39 is 37.1 Å². The molecule has 2 aromatic rings. The maximum absolute atomic E-state index is 10.0. The number of ether oxygens (including phenoxy) is 1. The lowest BCUT2D eigenvalue weighted by atomic mass is 9.95. The molecule has 2 heterocycles. The van der Waals surface area contributed by atoms with Crippen LogP contribution in [-0.2, 0) is 4.74 Å². The van der Waals surface area contributed by atoms with Crippen molar-refractivity contribution in [2.45, 2.75) is 37.4 Å². The molecule has 1 aliphatic rings. The molecule has 6 heteroatoms. The highest BCUT2D eigenvalue weighted by Crippen LogP contribution is 2.22. The van der Waals surface area contributed by atoms with Crippen LogP contribution in [0.1, 0.15) is 11.1 Å². The lowest BCUT2D eigenvalue weighted by Crippen LogP contribution is -2.58. The molecule has 1 aromatic carbocycles. The maximum Gasteiger partial charge on any atom is 0.147 e. The van der Waals surface area contributed by atoms with Gasteiger partial charge in [0, 0.05) is 17.1 Å². The summed E-state index contributed by atoms with van der Waals surface area (Å²) in [6.45, 7) is 1.50. The Morgan fingerprint density at radius 1 is 1.17 bits per heavy atom. The average molecular weight is 317 g/mol. The molecule has 5 atom stereocenters. The van der Waals surface area contributed by atoms with Gasteiger partial charge in [-0.25, -0.2) is 0 Å². The predicted octanol–water partition coefficient (Wildman–Crippen LogP) is -0.330. The second-order valence-corrected chi connectivity index (χ2v) is 5.77. The third-order valence-corrected chi connectivity index (χ3v) is 4.05. The summed E-state index contributed by atoms with van der Waals surface area (Å²) >= 11 is 0. The number of aromatic nitrogens is 1. The summed E-state index contributed by atoms with van der Waals surface area (Å²) < 4.78 is 5.38. The number of rotatable bonds is 1. The largest absolute Gasteiger partial charge is 0.394 e. The molecule has 1 aromatic heterocycles. The van der Waals surface area contributed by atoms with Gasteiger partial charge in [-0.3, -0.25) is 0 Å².